The van der Waals surface area contributed by atoms with Crippen molar-refractivity contribution in [3.05, 3.63) is 83.7 Å². The molecule has 41 heavy (non-hydrogen) atoms. The molecule has 4 aromatic heterocycles. The number of piperazine rings is 1. The zero-order chi connectivity index (χ0) is 28.3. The van der Waals surface area contributed by atoms with Crippen LogP contribution in [0, 0.1) is 6.92 Å². The molecular weight excluding hydrogens is 516 g/mol. The van der Waals surface area contributed by atoms with E-state index in [1.807, 2.05) is 66.3 Å². The molecule has 1 saturated heterocycles. The number of ether oxygens (including phenoxy) is 1. The Morgan fingerprint density at radius 1 is 1.07 bits per heavy atom. The Morgan fingerprint density at radius 2 is 1.90 bits per heavy atom. The number of fused-ring (bicyclic) bond motifs is 2. The number of pyridine rings is 2. The number of aromatic nitrogens is 5. The van der Waals surface area contributed by atoms with Gasteiger partial charge in [0, 0.05) is 56.1 Å². The predicted molar refractivity (Wildman–Crippen MR) is 160 cm³/mol. The lowest BCUT2D eigenvalue weighted by molar-refractivity contribution is 0.102. The molecule has 0 radical (unpaired) electrons. The Balaban J connectivity index is 1.18. The standard InChI is InChI=1S/C31H36N8O2/c1-4-25-30-26(9-6-10-27(30)39(35-25)21-23-8-5-7-22(2)33-23)34-31(40)28-20-32-29-19-24(11-12-38(28)29)41-18-17-37-15-13-36(3)14-16-37/h5-12,19-20H,4,13-18,21H2,1-3H3,(H,34,40). The SMILES string of the molecule is CCc1nn(Cc2cccc(C)n2)c2cccc(NC(=O)c3cnc4cc(OCCN5CCN(C)CC5)ccn34)c12. The normalized spacial score (nSPS) is 14.6. The lowest BCUT2D eigenvalue weighted by atomic mass is 10.1. The van der Waals surface area contributed by atoms with Gasteiger partial charge in [0.2, 0.25) is 0 Å². The van der Waals surface area contributed by atoms with Gasteiger partial charge in [-0.2, -0.15) is 5.10 Å². The average molecular weight is 553 g/mol. The number of hydrogen-bond acceptors (Lipinski definition) is 7. The number of benzene rings is 1. The summed E-state index contributed by atoms with van der Waals surface area (Å²) in [6, 6.07) is 15.7. The minimum Gasteiger partial charge on any atom is -0.492 e. The van der Waals surface area contributed by atoms with Crippen molar-refractivity contribution in [1.82, 2.24) is 33.9 Å². The van der Waals surface area contributed by atoms with E-state index in [2.05, 4.69) is 39.1 Å². The zero-order valence-corrected chi connectivity index (χ0v) is 23.9. The highest BCUT2D eigenvalue weighted by Gasteiger charge is 2.19. The van der Waals surface area contributed by atoms with E-state index in [-0.39, 0.29) is 5.91 Å². The molecule has 0 aliphatic carbocycles. The second-order valence-electron chi connectivity index (χ2n) is 10.6. The quantitative estimate of drug-likeness (QED) is 0.297. The van der Waals surface area contributed by atoms with E-state index in [1.54, 1.807) is 10.6 Å². The van der Waals surface area contributed by atoms with Gasteiger partial charge < -0.3 is 15.0 Å². The number of imidazole rings is 1. The van der Waals surface area contributed by atoms with E-state index in [1.165, 1.54) is 0 Å². The van der Waals surface area contributed by atoms with Crippen molar-refractivity contribution in [3.8, 4) is 5.75 Å². The smallest absolute Gasteiger partial charge is 0.274 e. The first-order valence-corrected chi connectivity index (χ1v) is 14.2. The largest absolute Gasteiger partial charge is 0.492 e. The van der Waals surface area contributed by atoms with E-state index >= 15 is 0 Å². The summed E-state index contributed by atoms with van der Waals surface area (Å²) in [7, 11) is 2.16. The van der Waals surface area contributed by atoms with Gasteiger partial charge in [-0.1, -0.05) is 19.1 Å². The van der Waals surface area contributed by atoms with Crippen molar-refractivity contribution < 1.29 is 9.53 Å². The highest BCUT2D eigenvalue weighted by molar-refractivity contribution is 6.08. The van der Waals surface area contributed by atoms with Gasteiger partial charge in [0.15, 0.2) is 0 Å². The summed E-state index contributed by atoms with van der Waals surface area (Å²) in [4.78, 5) is 27.4. The number of nitrogens with one attached hydrogen (secondary N) is 1. The molecule has 0 spiro atoms. The van der Waals surface area contributed by atoms with Crippen LogP contribution in [0.3, 0.4) is 0 Å². The Kier molecular flexibility index (Phi) is 7.67. The van der Waals surface area contributed by atoms with Crippen LogP contribution in [0.15, 0.2) is 60.9 Å². The molecule has 6 rings (SSSR count). The molecule has 5 aromatic rings. The molecule has 212 valence electrons. The van der Waals surface area contributed by atoms with Gasteiger partial charge in [-0.25, -0.2) is 4.98 Å². The summed E-state index contributed by atoms with van der Waals surface area (Å²) >= 11 is 0. The van der Waals surface area contributed by atoms with E-state index in [4.69, 9.17) is 9.84 Å². The van der Waals surface area contributed by atoms with Crippen molar-refractivity contribution in [2.45, 2.75) is 26.8 Å². The Labute approximate surface area is 239 Å². The van der Waals surface area contributed by atoms with Gasteiger partial charge >= 0.3 is 0 Å². The number of aryl methyl sites for hydroxylation is 2. The fraction of sp³-hybridized carbons (Fsp3) is 0.355. The number of rotatable bonds is 9. The molecule has 1 amide bonds. The van der Waals surface area contributed by atoms with Crippen LogP contribution in [0.25, 0.3) is 16.6 Å². The molecule has 1 aromatic carbocycles. The van der Waals surface area contributed by atoms with Gasteiger partial charge in [-0.05, 0) is 50.7 Å². The maximum absolute atomic E-state index is 13.5. The van der Waals surface area contributed by atoms with Crippen LogP contribution in [0.2, 0.25) is 0 Å². The molecule has 0 atom stereocenters. The van der Waals surface area contributed by atoms with Crippen molar-refractivity contribution in [1.29, 1.82) is 0 Å². The number of hydrogen-bond donors (Lipinski definition) is 1. The van der Waals surface area contributed by atoms with Gasteiger partial charge in [-0.3, -0.25) is 23.8 Å². The number of amides is 1. The van der Waals surface area contributed by atoms with Crippen molar-refractivity contribution in [3.63, 3.8) is 0 Å². The third kappa shape index (κ3) is 5.79. The Bertz CT molecular complexity index is 1680. The second-order valence-corrected chi connectivity index (χ2v) is 10.6. The van der Waals surface area contributed by atoms with Crippen molar-refractivity contribution in [2.75, 3.05) is 51.7 Å². The summed E-state index contributed by atoms with van der Waals surface area (Å²) in [5.41, 5.74) is 5.65. The third-order valence-electron chi connectivity index (χ3n) is 7.68. The Hall–Kier alpha value is -4.28. The van der Waals surface area contributed by atoms with Gasteiger partial charge in [0.05, 0.1) is 35.3 Å². The lowest BCUT2D eigenvalue weighted by Crippen LogP contribution is -2.45. The minimum absolute atomic E-state index is 0.233. The molecule has 0 bridgehead atoms. The summed E-state index contributed by atoms with van der Waals surface area (Å²) in [6.07, 6.45) is 4.19. The van der Waals surface area contributed by atoms with Crippen LogP contribution in [0.5, 0.6) is 5.75 Å². The Morgan fingerprint density at radius 3 is 2.71 bits per heavy atom. The summed E-state index contributed by atoms with van der Waals surface area (Å²) < 4.78 is 9.76. The molecule has 5 heterocycles. The number of nitrogens with zero attached hydrogens (tertiary/aromatic N) is 7. The van der Waals surface area contributed by atoms with Crippen LogP contribution < -0.4 is 10.1 Å². The van der Waals surface area contributed by atoms with Crippen LogP contribution in [0.1, 0.15) is 34.5 Å². The predicted octanol–water partition coefficient (Wildman–Crippen LogP) is 3.88. The van der Waals surface area contributed by atoms with Crippen LogP contribution >= 0.6 is 0 Å². The molecule has 0 unspecified atom stereocenters. The second kappa shape index (κ2) is 11.7. The topological polar surface area (TPSA) is 92.8 Å². The third-order valence-corrected chi connectivity index (χ3v) is 7.68. The molecule has 0 saturated carbocycles. The van der Waals surface area contributed by atoms with E-state index < -0.39 is 0 Å². The van der Waals surface area contributed by atoms with Gasteiger partial charge in [0.25, 0.3) is 5.91 Å². The maximum Gasteiger partial charge on any atom is 0.274 e. The first-order valence-electron chi connectivity index (χ1n) is 14.2. The van der Waals surface area contributed by atoms with Crippen molar-refractivity contribution in [2.24, 2.45) is 0 Å². The lowest BCUT2D eigenvalue weighted by Gasteiger charge is -2.32. The van der Waals surface area contributed by atoms with Gasteiger partial charge in [0.1, 0.15) is 23.7 Å². The molecule has 10 nitrogen and oxygen atoms in total. The minimum atomic E-state index is -0.233. The van der Waals surface area contributed by atoms with Crippen LogP contribution in [-0.2, 0) is 13.0 Å². The summed E-state index contributed by atoms with van der Waals surface area (Å²) in [6.45, 7) is 10.4. The van der Waals surface area contributed by atoms with E-state index in [0.717, 1.165) is 78.6 Å². The fourth-order valence-electron chi connectivity index (χ4n) is 5.39. The molecular formula is C31H36N8O2. The van der Waals surface area contributed by atoms with E-state index in [0.29, 0.717) is 24.5 Å². The average Bonchev–Trinajstić information content (AvgIpc) is 3.56. The molecule has 1 aliphatic rings. The number of likely N-dealkylation sites (N-methyl/N-ethyl adjacent to an activating group) is 1. The number of carbonyl (C=O) groups excluding carboxylic acids is 1. The summed E-state index contributed by atoms with van der Waals surface area (Å²) in [5.74, 6) is 0.515. The number of carbonyl (C=O) groups is 1. The molecule has 1 fully saturated rings. The number of anilines is 1. The highest BCUT2D eigenvalue weighted by atomic mass is 16.5. The van der Waals surface area contributed by atoms with Gasteiger partial charge in [-0.15, -0.1) is 0 Å². The first-order chi connectivity index (χ1) is 20.0. The van der Waals surface area contributed by atoms with Crippen molar-refractivity contribution >= 4 is 28.1 Å². The molecule has 1 aliphatic heterocycles. The zero-order valence-electron chi connectivity index (χ0n) is 23.9. The first kappa shape index (κ1) is 26.9. The van der Waals surface area contributed by atoms with E-state index in [9.17, 15) is 4.79 Å². The maximum atomic E-state index is 13.5. The van der Waals surface area contributed by atoms with Crippen LogP contribution in [-0.4, -0.2) is 86.2 Å². The fourth-order valence-corrected chi connectivity index (χ4v) is 5.39. The van der Waals surface area contributed by atoms with Crippen LogP contribution in [0.4, 0.5) is 5.69 Å². The molecule has 10 heteroatoms. The highest BCUT2D eigenvalue weighted by Crippen LogP contribution is 2.29. The summed E-state index contributed by atoms with van der Waals surface area (Å²) in [5, 5.41) is 8.93. The molecule has 1 N–H and O–H groups in total. The monoisotopic (exact) mass is 552 g/mol.